The van der Waals surface area contributed by atoms with Gasteiger partial charge in [-0.25, -0.2) is 24.1 Å². The van der Waals surface area contributed by atoms with Crippen molar-refractivity contribution in [3.63, 3.8) is 0 Å². The normalized spacial score (nSPS) is 45.8. The molecule has 2 bridgehead atoms. The molecule has 2 saturated carbocycles. The van der Waals surface area contributed by atoms with Crippen LogP contribution in [-0.4, -0.2) is 74.8 Å². The first-order chi connectivity index (χ1) is 17.5. The number of aromatic nitrogens is 4. The summed E-state index contributed by atoms with van der Waals surface area (Å²) in [6.45, 7) is -8.28. The molecule has 2 aromatic heterocycles. The smallest absolute Gasteiger partial charge is 0.386 e. The van der Waals surface area contributed by atoms with Gasteiger partial charge in [-0.1, -0.05) is 24.5 Å². The van der Waals surface area contributed by atoms with Gasteiger partial charge >= 0.3 is 13.6 Å². The number of hydrogen-bond acceptors (Lipinski definition) is 13. The highest BCUT2D eigenvalue weighted by atomic mass is 32.7. The first kappa shape index (κ1) is 26.0. The average molecular weight is 594 g/mol. The quantitative estimate of drug-likeness (QED) is 0.129. The number of ether oxygens (including phenoxy) is 1. The first-order valence-electron chi connectivity index (χ1n) is 11.4. The SMILES string of the molecule is N=CN[C@@H]1O[C@@H]2CO[P@](=O)(S)O[C@H]3[C@@H](O)[C@H](n4cnc5c(N)ncnc54)[C@H]4CC43CO[P@@](=O)(S)O[C@@H]1C2. The van der Waals surface area contributed by atoms with E-state index in [1.807, 2.05) is 0 Å². The van der Waals surface area contributed by atoms with Crippen LogP contribution in [0.5, 0.6) is 0 Å². The van der Waals surface area contributed by atoms with E-state index in [2.05, 4.69) is 44.8 Å². The zero-order chi connectivity index (χ0) is 26.2. The molecular formula is C18H25N7O8P2S2. The predicted molar refractivity (Wildman–Crippen MR) is 135 cm³/mol. The van der Waals surface area contributed by atoms with Crippen LogP contribution in [0.4, 0.5) is 5.82 Å². The summed E-state index contributed by atoms with van der Waals surface area (Å²) in [5, 5.41) is 21.4. The lowest BCUT2D eigenvalue weighted by molar-refractivity contribution is -0.0348. The Morgan fingerprint density at radius 1 is 1.24 bits per heavy atom. The number of aliphatic hydroxyl groups is 1. The Bertz CT molecular complexity index is 1340. The summed E-state index contributed by atoms with van der Waals surface area (Å²) in [5.74, 6) is -0.0574. The number of nitrogens with zero attached hydrogens (tertiary/aromatic N) is 4. The van der Waals surface area contributed by atoms with Crippen molar-refractivity contribution in [3.05, 3.63) is 12.7 Å². The number of rotatable bonds is 3. The van der Waals surface area contributed by atoms with Crippen LogP contribution in [-0.2, 0) is 32.0 Å². The van der Waals surface area contributed by atoms with Gasteiger partial charge < -0.3 is 30.0 Å². The fraction of sp³-hybridized carbons (Fsp3) is 0.667. The van der Waals surface area contributed by atoms with Crippen molar-refractivity contribution in [1.82, 2.24) is 24.8 Å². The van der Waals surface area contributed by atoms with Gasteiger partial charge in [0.1, 0.15) is 30.2 Å². The highest BCUT2D eigenvalue weighted by molar-refractivity contribution is 8.44. The van der Waals surface area contributed by atoms with E-state index < -0.39 is 55.7 Å². The number of fused-ring (bicyclic) bond motifs is 3. The zero-order valence-electron chi connectivity index (χ0n) is 19.1. The monoisotopic (exact) mass is 593 g/mol. The number of nitrogen functional groups attached to an aromatic ring is 1. The Balaban J connectivity index is 1.33. The van der Waals surface area contributed by atoms with Crippen molar-refractivity contribution < 1.29 is 37.1 Å². The van der Waals surface area contributed by atoms with Gasteiger partial charge in [0.2, 0.25) is 0 Å². The summed E-state index contributed by atoms with van der Waals surface area (Å²) < 4.78 is 56.7. The zero-order valence-corrected chi connectivity index (χ0v) is 22.6. The van der Waals surface area contributed by atoms with Crippen molar-refractivity contribution in [2.75, 3.05) is 18.9 Å². The van der Waals surface area contributed by atoms with Crippen LogP contribution in [0.2, 0.25) is 0 Å². The second kappa shape index (κ2) is 9.15. The second-order valence-electron chi connectivity index (χ2n) is 9.51. The van der Waals surface area contributed by atoms with Gasteiger partial charge in [-0.3, -0.25) is 19.0 Å². The molecular weight excluding hydrogens is 568 g/mol. The molecule has 6 rings (SSSR count). The van der Waals surface area contributed by atoms with E-state index in [0.717, 1.165) is 6.34 Å². The van der Waals surface area contributed by atoms with Crippen LogP contribution in [0.15, 0.2) is 12.7 Å². The Morgan fingerprint density at radius 3 is 2.81 bits per heavy atom. The average Bonchev–Trinajstić information content (AvgIpc) is 3.07. The molecule has 202 valence electrons. The van der Waals surface area contributed by atoms with E-state index in [1.54, 1.807) is 4.57 Å². The van der Waals surface area contributed by atoms with Crippen LogP contribution in [0.3, 0.4) is 0 Å². The van der Waals surface area contributed by atoms with Crippen LogP contribution >= 0.6 is 38.1 Å². The maximum Gasteiger partial charge on any atom is 0.386 e. The third kappa shape index (κ3) is 4.52. The largest absolute Gasteiger partial charge is 0.388 e. The highest BCUT2D eigenvalue weighted by Gasteiger charge is 2.74. The van der Waals surface area contributed by atoms with Crippen molar-refractivity contribution in [1.29, 1.82) is 5.41 Å². The van der Waals surface area contributed by atoms with Crippen molar-refractivity contribution in [3.8, 4) is 0 Å². The van der Waals surface area contributed by atoms with Crippen LogP contribution in [0.1, 0.15) is 18.9 Å². The van der Waals surface area contributed by atoms with Gasteiger partial charge in [0.15, 0.2) is 17.7 Å². The molecule has 37 heavy (non-hydrogen) atoms. The minimum atomic E-state index is -4.00. The molecule has 1 spiro atoms. The van der Waals surface area contributed by atoms with E-state index in [-0.39, 0.29) is 31.4 Å². The Labute approximate surface area is 221 Å². The number of nitrogens with one attached hydrogen (secondary N) is 2. The summed E-state index contributed by atoms with van der Waals surface area (Å²) in [7, 11) is 0. The molecule has 4 aliphatic rings. The van der Waals surface area contributed by atoms with E-state index in [4.69, 9.17) is 34.0 Å². The van der Waals surface area contributed by atoms with E-state index in [0.29, 0.717) is 17.6 Å². The van der Waals surface area contributed by atoms with Gasteiger partial charge in [-0.15, -0.1) is 0 Å². The first-order valence-corrected chi connectivity index (χ1v) is 16.8. The van der Waals surface area contributed by atoms with Gasteiger partial charge in [0.25, 0.3) is 0 Å². The lowest BCUT2D eigenvalue weighted by atomic mass is 10.0. The fourth-order valence-electron chi connectivity index (χ4n) is 5.68. The number of aliphatic hydroxyl groups excluding tert-OH is 1. The second-order valence-corrected chi connectivity index (χ2v) is 15.3. The number of thiol groups is 2. The van der Waals surface area contributed by atoms with Gasteiger partial charge in [-0.05, 0) is 12.3 Å². The number of imidazole rings is 1. The van der Waals surface area contributed by atoms with Crippen LogP contribution in [0, 0.1) is 16.7 Å². The molecule has 2 saturated heterocycles. The summed E-state index contributed by atoms with van der Waals surface area (Å²) in [6, 6.07) is -0.602. The molecule has 10 atom stereocenters. The fourth-order valence-corrected chi connectivity index (χ4v) is 8.76. The van der Waals surface area contributed by atoms with Gasteiger partial charge in [-0.2, -0.15) is 0 Å². The third-order valence-corrected chi connectivity index (χ3v) is 10.6. The lowest BCUT2D eigenvalue weighted by Crippen LogP contribution is -2.38. The van der Waals surface area contributed by atoms with E-state index in [9.17, 15) is 14.2 Å². The van der Waals surface area contributed by atoms with Crippen molar-refractivity contribution in [2.45, 2.75) is 49.5 Å². The maximum atomic E-state index is 13.3. The van der Waals surface area contributed by atoms with Gasteiger partial charge in [0.05, 0.1) is 38.0 Å². The lowest BCUT2D eigenvalue weighted by Gasteiger charge is -2.31. The third-order valence-electron chi connectivity index (χ3n) is 7.38. The molecule has 4 heterocycles. The maximum absolute atomic E-state index is 13.3. The molecule has 1 unspecified atom stereocenters. The van der Waals surface area contributed by atoms with Crippen LogP contribution in [0.25, 0.3) is 11.2 Å². The summed E-state index contributed by atoms with van der Waals surface area (Å²) in [6.07, 6.45) is -0.0830. The van der Waals surface area contributed by atoms with Crippen LogP contribution < -0.4 is 11.1 Å². The standard InChI is InChI=1S/C18H25N7O8P2S2/c19-5-21-17-10-1-8(31-17)3-29-34(27,36)33-14-13(26)12(9-2-18(9,14)4-30-35(28,37)32-10)25-7-24-11-15(20)22-6-23-16(11)25/h5-10,12-14,17,26H,1-4H2,(H2,19,21)(H,27,36)(H,28,37)(H2,20,22,23)/t8-,9+,10+,12+,13-,14-,17+,18?,34-,35+/m0/s1. The van der Waals surface area contributed by atoms with Gasteiger partial charge in [0, 0.05) is 11.8 Å². The number of anilines is 1. The molecule has 2 aromatic rings. The molecule has 0 aromatic carbocycles. The number of nitrogens with two attached hydrogens (primary N) is 1. The molecule has 2 aliphatic heterocycles. The molecule has 5 N–H and O–H groups in total. The predicted octanol–water partition coefficient (Wildman–Crippen LogP) is 1.54. The Hall–Kier alpha value is -1.26. The Morgan fingerprint density at radius 2 is 2.03 bits per heavy atom. The summed E-state index contributed by atoms with van der Waals surface area (Å²) in [5.41, 5.74) is 5.83. The minimum absolute atomic E-state index is 0.173. The van der Waals surface area contributed by atoms with E-state index >= 15 is 0 Å². The topological polar surface area (TPSA) is 206 Å². The highest BCUT2D eigenvalue weighted by Crippen LogP contribution is 2.73. The molecule has 4 fully saturated rings. The number of hydrogen-bond donors (Lipinski definition) is 6. The molecule has 2 aliphatic carbocycles. The molecule has 19 heteroatoms. The summed E-state index contributed by atoms with van der Waals surface area (Å²) >= 11 is 8.30. The van der Waals surface area contributed by atoms with Crippen molar-refractivity contribution in [2.24, 2.45) is 11.3 Å². The molecule has 0 amide bonds. The minimum Gasteiger partial charge on any atom is -0.388 e. The summed E-state index contributed by atoms with van der Waals surface area (Å²) in [4.78, 5) is 12.5. The van der Waals surface area contributed by atoms with Crippen molar-refractivity contribution >= 4 is 61.4 Å². The Kier molecular flexibility index (Phi) is 6.43. The molecule has 15 nitrogen and oxygen atoms in total. The molecule has 0 radical (unpaired) electrons. The van der Waals surface area contributed by atoms with E-state index in [1.165, 1.54) is 12.7 Å².